The first kappa shape index (κ1) is 13.6. The zero-order valence-electron chi connectivity index (χ0n) is 9.94. The SMILES string of the molecule is CCCCCCCCC(=O)C(C)(C)N. The van der Waals surface area contributed by atoms with E-state index in [0.29, 0.717) is 6.42 Å². The molecule has 0 atom stereocenters. The maximum absolute atomic E-state index is 11.4. The first-order valence-corrected chi connectivity index (χ1v) is 5.80. The van der Waals surface area contributed by atoms with E-state index in [0.717, 1.165) is 6.42 Å². The van der Waals surface area contributed by atoms with Gasteiger partial charge in [0.15, 0.2) is 5.78 Å². The van der Waals surface area contributed by atoms with Gasteiger partial charge in [-0.1, -0.05) is 39.0 Å². The molecule has 0 rings (SSSR count). The first-order valence-electron chi connectivity index (χ1n) is 5.80. The fourth-order valence-corrected chi connectivity index (χ4v) is 1.39. The molecule has 0 aliphatic carbocycles. The Labute approximate surface area is 88.3 Å². The molecule has 0 unspecified atom stereocenters. The molecular weight excluding hydrogens is 174 g/mol. The summed E-state index contributed by atoms with van der Waals surface area (Å²) < 4.78 is 0. The molecule has 2 N–H and O–H groups in total. The zero-order valence-corrected chi connectivity index (χ0v) is 9.94. The number of hydrogen-bond donors (Lipinski definition) is 1. The van der Waals surface area contributed by atoms with Gasteiger partial charge in [0, 0.05) is 6.42 Å². The second-order valence-electron chi connectivity index (χ2n) is 4.66. The molecule has 0 spiro atoms. The van der Waals surface area contributed by atoms with E-state index < -0.39 is 5.54 Å². The molecule has 0 aliphatic heterocycles. The molecule has 0 amide bonds. The highest BCUT2D eigenvalue weighted by Gasteiger charge is 2.20. The first-order chi connectivity index (χ1) is 6.48. The fourth-order valence-electron chi connectivity index (χ4n) is 1.39. The van der Waals surface area contributed by atoms with Gasteiger partial charge in [-0.05, 0) is 20.3 Å². The van der Waals surface area contributed by atoms with Crippen LogP contribution in [-0.4, -0.2) is 11.3 Å². The summed E-state index contributed by atoms with van der Waals surface area (Å²) in [7, 11) is 0. The highest BCUT2D eigenvalue weighted by atomic mass is 16.1. The van der Waals surface area contributed by atoms with E-state index >= 15 is 0 Å². The summed E-state index contributed by atoms with van der Waals surface area (Å²) in [5.41, 5.74) is 5.06. The van der Waals surface area contributed by atoms with Gasteiger partial charge in [0.1, 0.15) is 0 Å². The maximum Gasteiger partial charge on any atom is 0.152 e. The smallest absolute Gasteiger partial charge is 0.152 e. The van der Waals surface area contributed by atoms with Crippen molar-refractivity contribution >= 4 is 5.78 Å². The number of nitrogens with two attached hydrogens (primary N) is 1. The minimum atomic E-state index is -0.635. The third-order valence-electron chi connectivity index (χ3n) is 2.48. The Hall–Kier alpha value is -0.370. The van der Waals surface area contributed by atoms with E-state index in [-0.39, 0.29) is 5.78 Å². The average molecular weight is 199 g/mol. The van der Waals surface area contributed by atoms with Crippen molar-refractivity contribution in [1.82, 2.24) is 0 Å². The van der Waals surface area contributed by atoms with E-state index in [2.05, 4.69) is 6.92 Å². The van der Waals surface area contributed by atoms with Gasteiger partial charge < -0.3 is 5.73 Å². The van der Waals surface area contributed by atoms with Crippen LogP contribution in [0.5, 0.6) is 0 Å². The summed E-state index contributed by atoms with van der Waals surface area (Å²) in [4.78, 5) is 11.4. The van der Waals surface area contributed by atoms with Gasteiger partial charge in [0.05, 0.1) is 5.54 Å². The van der Waals surface area contributed by atoms with Crippen molar-refractivity contribution in [2.75, 3.05) is 0 Å². The molecule has 0 aromatic heterocycles. The Kier molecular flexibility index (Phi) is 6.81. The molecule has 84 valence electrons. The monoisotopic (exact) mass is 199 g/mol. The van der Waals surface area contributed by atoms with Crippen LogP contribution >= 0.6 is 0 Å². The highest BCUT2D eigenvalue weighted by Crippen LogP contribution is 2.10. The minimum Gasteiger partial charge on any atom is -0.319 e. The van der Waals surface area contributed by atoms with Crippen LogP contribution in [0.4, 0.5) is 0 Å². The quantitative estimate of drug-likeness (QED) is 0.611. The van der Waals surface area contributed by atoms with E-state index in [4.69, 9.17) is 5.73 Å². The number of Topliss-reactive ketones (excluding diaryl/α,β-unsaturated/α-hetero) is 1. The van der Waals surface area contributed by atoms with Gasteiger partial charge >= 0.3 is 0 Å². The van der Waals surface area contributed by atoms with Crippen LogP contribution < -0.4 is 5.73 Å². The number of rotatable bonds is 8. The molecule has 0 saturated heterocycles. The van der Waals surface area contributed by atoms with Gasteiger partial charge in [-0.3, -0.25) is 4.79 Å². The lowest BCUT2D eigenvalue weighted by Gasteiger charge is -2.16. The van der Waals surface area contributed by atoms with Gasteiger partial charge in [0.25, 0.3) is 0 Å². The molecule has 2 heteroatoms. The standard InChI is InChI=1S/C12H25NO/c1-4-5-6-7-8-9-10-11(14)12(2,3)13/h4-10,13H2,1-3H3. The van der Waals surface area contributed by atoms with Crippen LogP contribution in [0, 0.1) is 0 Å². The molecule has 0 radical (unpaired) electrons. The molecule has 2 nitrogen and oxygen atoms in total. The van der Waals surface area contributed by atoms with Crippen molar-refractivity contribution in [2.24, 2.45) is 5.73 Å². The summed E-state index contributed by atoms with van der Waals surface area (Å²) in [6.07, 6.45) is 7.97. The van der Waals surface area contributed by atoms with Crippen LogP contribution in [0.25, 0.3) is 0 Å². The van der Waals surface area contributed by atoms with Gasteiger partial charge in [0.2, 0.25) is 0 Å². The third-order valence-corrected chi connectivity index (χ3v) is 2.48. The molecule has 0 aromatic rings. The number of unbranched alkanes of at least 4 members (excludes halogenated alkanes) is 5. The van der Waals surface area contributed by atoms with Gasteiger partial charge in [-0.25, -0.2) is 0 Å². The largest absolute Gasteiger partial charge is 0.319 e. The Morgan fingerprint density at radius 1 is 1.07 bits per heavy atom. The normalized spacial score (nSPS) is 11.7. The van der Waals surface area contributed by atoms with Gasteiger partial charge in [-0.15, -0.1) is 0 Å². The van der Waals surface area contributed by atoms with Crippen LogP contribution in [0.3, 0.4) is 0 Å². The van der Waals surface area contributed by atoms with Crippen molar-refractivity contribution in [3.8, 4) is 0 Å². The van der Waals surface area contributed by atoms with E-state index in [1.807, 2.05) is 0 Å². The zero-order chi connectivity index (χ0) is 11.0. The molecule has 0 fully saturated rings. The van der Waals surface area contributed by atoms with Crippen molar-refractivity contribution in [3.05, 3.63) is 0 Å². The highest BCUT2D eigenvalue weighted by molar-refractivity contribution is 5.87. The lowest BCUT2D eigenvalue weighted by Crippen LogP contribution is -2.41. The second kappa shape index (κ2) is 6.99. The topological polar surface area (TPSA) is 43.1 Å². The van der Waals surface area contributed by atoms with Crippen molar-refractivity contribution in [2.45, 2.75) is 71.3 Å². The van der Waals surface area contributed by atoms with Crippen LogP contribution in [0.15, 0.2) is 0 Å². The third kappa shape index (κ3) is 7.07. The minimum absolute atomic E-state index is 0.188. The van der Waals surface area contributed by atoms with Crippen LogP contribution in [0.1, 0.15) is 65.7 Å². The molecule has 0 heterocycles. The van der Waals surface area contributed by atoms with Crippen LogP contribution in [-0.2, 0) is 4.79 Å². The van der Waals surface area contributed by atoms with E-state index in [1.165, 1.54) is 32.1 Å². The number of carbonyl (C=O) groups excluding carboxylic acids is 1. The maximum atomic E-state index is 11.4. The Balaban J connectivity index is 3.33. The summed E-state index contributed by atoms with van der Waals surface area (Å²) in [5, 5.41) is 0. The summed E-state index contributed by atoms with van der Waals surface area (Å²) in [6.45, 7) is 5.78. The second-order valence-corrected chi connectivity index (χ2v) is 4.66. The predicted octanol–water partition coefficient (Wildman–Crippen LogP) is 3.04. The van der Waals surface area contributed by atoms with E-state index in [9.17, 15) is 4.79 Å². The molecule has 14 heavy (non-hydrogen) atoms. The van der Waals surface area contributed by atoms with Crippen molar-refractivity contribution in [1.29, 1.82) is 0 Å². The Bertz CT molecular complexity index is 158. The fraction of sp³-hybridized carbons (Fsp3) is 0.917. The van der Waals surface area contributed by atoms with Crippen molar-refractivity contribution < 1.29 is 4.79 Å². The summed E-state index contributed by atoms with van der Waals surface area (Å²) >= 11 is 0. The number of carbonyl (C=O) groups is 1. The lowest BCUT2D eigenvalue weighted by molar-refractivity contribution is -0.123. The Morgan fingerprint density at radius 3 is 2.07 bits per heavy atom. The van der Waals surface area contributed by atoms with E-state index in [1.54, 1.807) is 13.8 Å². The molecule has 0 aromatic carbocycles. The molecule has 0 bridgehead atoms. The molecule has 0 aliphatic rings. The lowest BCUT2D eigenvalue weighted by atomic mass is 9.96. The number of hydrogen-bond acceptors (Lipinski definition) is 2. The predicted molar refractivity (Wildman–Crippen MR) is 61.3 cm³/mol. The molecular formula is C12H25NO. The average Bonchev–Trinajstić information content (AvgIpc) is 2.09. The molecule has 0 saturated carbocycles. The van der Waals surface area contributed by atoms with Crippen LogP contribution in [0.2, 0.25) is 0 Å². The van der Waals surface area contributed by atoms with Gasteiger partial charge in [-0.2, -0.15) is 0 Å². The van der Waals surface area contributed by atoms with Crippen molar-refractivity contribution in [3.63, 3.8) is 0 Å². The number of ketones is 1. The summed E-state index contributed by atoms with van der Waals surface area (Å²) in [6, 6.07) is 0. The Morgan fingerprint density at radius 2 is 1.57 bits per heavy atom. The summed E-state index contributed by atoms with van der Waals surface area (Å²) in [5.74, 6) is 0.188.